The van der Waals surface area contributed by atoms with Crippen LogP contribution in [0.15, 0.2) is 53.6 Å². The van der Waals surface area contributed by atoms with Gasteiger partial charge in [0.15, 0.2) is 0 Å². The lowest BCUT2D eigenvalue weighted by Gasteiger charge is -2.10. The maximum atomic E-state index is 12.2. The maximum absolute atomic E-state index is 12.2. The van der Waals surface area contributed by atoms with Crippen LogP contribution in [-0.4, -0.2) is 21.6 Å². The van der Waals surface area contributed by atoms with Gasteiger partial charge >= 0.3 is 0 Å². The number of amides is 1. The standard InChI is InChI=1S/C20H16Cl2N4O3/c1-12-9-14(13(2)25(12)15-7-8-17(21)18(22)10-15)11-23-24-20(27)16-5-3-4-6-19(16)26(28)29/h3-11H,1-2H3,(H,24,27)/b23-11-. The Hall–Kier alpha value is -3.16. The van der Waals surface area contributed by atoms with Gasteiger partial charge in [-0.25, -0.2) is 5.43 Å². The molecule has 0 bridgehead atoms. The highest BCUT2D eigenvalue weighted by molar-refractivity contribution is 6.42. The van der Waals surface area contributed by atoms with Crippen LogP contribution in [0, 0.1) is 24.0 Å². The molecule has 0 aliphatic carbocycles. The first-order valence-corrected chi connectivity index (χ1v) is 9.26. The second-order valence-electron chi connectivity index (χ2n) is 6.23. The van der Waals surface area contributed by atoms with E-state index in [2.05, 4.69) is 10.5 Å². The number of nitrogens with one attached hydrogen (secondary N) is 1. The molecule has 2 aromatic carbocycles. The Kier molecular flexibility index (Phi) is 6.00. The second kappa shape index (κ2) is 8.46. The van der Waals surface area contributed by atoms with Crippen LogP contribution < -0.4 is 5.43 Å². The van der Waals surface area contributed by atoms with Gasteiger partial charge in [0.1, 0.15) is 5.56 Å². The quantitative estimate of drug-likeness (QED) is 0.347. The van der Waals surface area contributed by atoms with Gasteiger partial charge in [0, 0.05) is 28.7 Å². The first-order valence-electron chi connectivity index (χ1n) is 8.50. The van der Waals surface area contributed by atoms with Crippen molar-refractivity contribution in [2.24, 2.45) is 5.10 Å². The molecule has 0 radical (unpaired) electrons. The minimum absolute atomic E-state index is 0.0593. The number of carbonyl (C=O) groups is 1. The summed E-state index contributed by atoms with van der Waals surface area (Å²) in [6.45, 7) is 3.83. The monoisotopic (exact) mass is 430 g/mol. The van der Waals surface area contributed by atoms with Crippen molar-refractivity contribution >= 4 is 41.0 Å². The van der Waals surface area contributed by atoms with Crippen LogP contribution in [0.3, 0.4) is 0 Å². The molecule has 7 nitrogen and oxygen atoms in total. The number of hydrogen-bond donors (Lipinski definition) is 1. The van der Waals surface area contributed by atoms with Crippen LogP contribution in [0.5, 0.6) is 0 Å². The molecule has 29 heavy (non-hydrogen) atoms. The Balaban J connectivity index is 1.83. The number of hydrazone groups is 1. The van der Waals surface area contributed by atoms with Crippen molar-refractivity contribution in [1.82, 2.24) is 9.99 Å². The van der Waals surface area contributed by atoms with Crippen molar-refractivity contribution in [2.45, 2.75) is 13.8 Å². The number of aromatic nitrogens is 1. The Morgan fingerprint density at radius 2 is 1.86 bits per heavy atom. The number of nitro groups is 1. The molecule has 0 fully saturated rings. The van der Waals surface area contributed by atoms with Crippen LogP contribution in [0.1, 0.15) is 27.3 Å². The summed E-state index contributed by atoms with van der Waals surface area (Å²) in [4.78, 5) is 22.7. The first-order chi connectivity index (χ1) is 13.8. The average molecular weight is 431 g/mol. The summed E-state index contributed by atoms with van der Waals surface area (Å²) < 4.78 is 1.98. The molecule has 3 aromatic rings. The highest BCUT2D eigenvalue weighted by Gasteiger charge is 2.18. The van der Waals surface area contributed by atoms with E-state index in [0.717, 1.165) is 22.6 Å². The number of nitro benzene ring substituents is 1. The molecule has 0 unspecified atom stereocenters. The molecule has 3 rings (SSSR count). The summed E-state index contributed by atoms with van der Waals surface area (Å²) in [6, 6.07) is 12.9. The van der Waals surface area contributed by atoms with Crippen molar-refractivity contribution in [2.75, 3.05) is 0 Å². The van der Waals surface area contributed by atoms with Gasteiger partial charge in [0.2, 0.25) is 0 Å². The summed E-state index contributed by atoms with van der Waals surface area (Å²) in [6.07, 6.45) is 1.49. The summed E-state index contributed by atoms with van der Waals surface area (Å²) in [5.41, 5.74) is 5.43. The van der Waals surface area contributed by atoms with Gasteiger partial charge in [0.25, 0.3) is 11.6 Å². The number of hydrogen-bond acceptors (Lipinski definition) is 4. The van der Waals surface area contributed by atoms with Crippen molar-refractivity contribution in [3.8, 4) is 5.69 Å². The van der Waals surface area contributed by atoms with Crippen LogP contribution in [-0.2, 0) is 0 Å². The van der Waals surface area contributed by atoms with Gasteiger partial charge in [-0.15, -0.1) is 0 Å². The van der Waals surface area contributed by atoms with Gasteiger partial charge in [-0.1, -0.05) is 35.3 Å². The van der Waals surface area contributed by atoms with E-state index in [4.69, 9.17) is 23.2 Å². The van der Waals surface area contributed by atoms with Gasteiger partial charge in [-0.05, 0) is 44.2 Å². The van der Waals surface area contributed by atoms with Crippen LogP contribution >= 0.6 is 23.2 Å². The minimum atomic E-state index is -0.660. The summed E-state index contributed by atoms with van der Waals surface area (Å²) in [5.74, 6) is -0.660. The number of halogens is 2. The molecule has 0 saturated carbocycles. The summed E-state index contributed by atoms with van der Waals surface area (Å²) in [7, 11) is 0. The Morgan fingerprint density at radius 3 is 2.55 bits per heavy atom. The van der Waals surface area contributed by atoms with E-state index in [1.807, 2.05) is 30.5 Å². The van der Waals surface area contributed by atoms with Crippen molar-refractivity contribution in [3.05, 3.63) is 91.2 Å². The number of nitrogens with zero attached hydrogens (tertiary/aromatic N) is 3. The van der Waals surface area contributed by atoms with Crippen molar-refractivity contribution < 1.29 is 9.72 Å². The van der Waals surface area contributed by atoms with Crippen LogP contribution in [0.4, 0.5) is 5.69 Å². The van der Waals surface area contributed by atoms with E-state index in [9.17, 15) is 14.9 Å². The molecule has 1 N–H and O–H groups in total. The fraction of sp³-hybridized carbons (Fsp3) is 0.100. The first kappa shape index (κ1) is 20.6. The molecule has 1 amide bonds. The molecule has 148 valence electrons. The fourth-order valence-corrected chi connectivity index (χ4v) is 3.28. The summed E-state index contributed by atoms with van der Waals surface area (Å²) >= 11 is 12.1. The Labute approximate surface area is 176 Å². The minimum Gasteiger partial charge on any atom is -0.318 e. The molecule has 0 atom stereocenters. The molecule has 1 heterocycles. The van der Waals surface area contributed by atoms with E-state index >= 15 is 0 Å². The topological polar surface area (TPSA) is 89.5 Å². The molecule has 1 aromatic heterocycles. The zero-order valence-electron chi connectivity index (χ0n) is 15.5. The zero-order chi connectivity index (χ0) is 21.1. The second-order valence-corrected chi connectivity index (χ2v) is 7.05. The highest BCUT2D eigenvalue weighted by Crippen LogP contribution is 2.27. The van der Waals surface area contributed by atoms with E-state index < -0.39 is 10.8 Å². The van der Waals surface area contributed by atoms with E-state index in [0.29, 0.717) is 10.0 Å². The largest absolute Gasteiger partial charge is 0.318 e. The molecule has 0 spiro atoms. The fourth-order valence-electron chi connectivity index (χ4n) is 2.99. The number of para-hydroxylation sites is 1. The SMILES string of the molecule is Cc1cc(/C=N\NC(=O)c2ccccc2[N+](=O)[O-])c(C)n1-c1ccc(Cl)c(Cl)c1. The smallest absolute Gasteiger partial charge is 0.282 e. The average Bonchev–Trinajstić information content (AvgIpc) is 2.97. The van der Waals surface area contributed by atoms with E-state index in [1.165, 1.54) is 24.4 Å². The van der Waals surface area contributed by atoms with Gasteiger partial charge in [-0.2, -0.15) is 5.10 Å². The number of aryl methyl sites for hydroxylation is 1. The lowest BCUT2D eigenvalue weighted by Crippen LogP contribution is -2.19. The molecule has 9 heteroatoms. The molecule has 0 aliphatic rings. The van der Waals surface area contributed by atoms with E-state index in [-0.39, 0.29) is 11.3 Å². The molecule has 0 aliphatic heterocycles. The normalized spacial score (nSPS) is 11.0. The number of carbonyl (C=O) groups excluding carboxylic acids is 1. The van der Waals surface area contributed by atoms with Crippen molar-refractivity contribution in [1.29, 1.82) is 0 Å². The third-order valence-electron chi connectivity index (χ3n) is 4.35. The maximum Gasteiger partial charge on any atom is 0.282 e. The Bertz CT molecular complexity index is 1140. The van der Waals surface area contributed by atoms with E-state index in [1.54, 1.807) is 18.2 Å². The lowest BCUT2D eigenvalue weighted by atomic mass is 10.2. The molecular weight excluding hydrogens is 415 g/mol. The third-order valence-corrected chi connectivity index (χ3v) is 5.09. The van der Waals surface area contributed by atoms with Crippen molar-refractivity contribution in [3.63, 3.8) is 0 Å². The van der Waals surface area contributed by atoms with Crippen LogP contribution in [0.25, 0.3) is 5.69 Å². The Morgan fingerprint density at radius 1 is 1.14 bits per heavy atom. The lowest BCUT2D eigenvalue weighted by molar-refractivity contribution is -0.385. The molecule has 0 saturated heterocycles. The molecular formula is C20H16Cl2N4O3. The van der Waals surface area contributed by atoms with Gasteiger partial charge in [-0.3, -0.25) is 14.9 Å². The van der Waals surface area contributed by atoms with Crippen LogP contribution in [0.2, 0.25) is 10.0 Å². The predicted molar refractivity (Wildman–Crippen MR) is 113 cm³/mol. The van der Waals surface area contributed by atoms with Gasteiger partial charge in [0.05, 0.1) is 21.2 Å². The highest BCUT2D eigenvalue weighted by atomic mass is 35.5. The number of rotatable bonds is 5. The predicted octanol–water partition coefficient (Wildman–Crippen LogP) is 5.07. The number of benzene rings is 2. The zero-order valence-corrected chi connectivity index (χ0v) is 17.0. The third kappa shape index (κ3) is 4.31. The van der Waals surface area contributed by atoms with Gasteiger partial charge < -0.3 is 4.57 Å². The summed E-state index contributed by atoms with van der Waals surface area (Å²) in [5, 5.41) is 15.9.